The fourth-order valence-electron chi connectivity index (χ4n) is 3.08. The van der Waals surface area contributed by atoms with Gasteiger partial charge in [-0.1, -0.05) is 18.2 Å². The van der Waals surface area contributed by atoms with E-state index in [1.165, 1.54) is 40.0 Å². The summed E-state index contributed by atoms with van der Waals surface area (Å²) >= 11 is 1.53. The van der Waals surface area contributed by atoms with Gasteiger partial charge in [-0.3, -0.25) is 9.69 Å². The summed E-state index contributed by atoms with van der Waals surface area (Å²) in [7, 11) is 0. The van der Waals surface area contributed by atoms with Gasteiger partial charge in [-0.25, -0.2) is 13.4 Å². The molecule has 166 valence electrons. The second-order valence-corrected chi connectivity index (χ2v) is 7.16. The molecule has 1 saturated heterocycles. The fraction of sp³-hybridized carbons (Fsp3) is 0.300. The van der Waals surface area contributed by atoms with E-state index in [0.717, 1.165) is 12.1 Å². The van der Waals surface area contributed by atoms with E-state index in [4.69, 9.17) is 4.74 Å². The molecule has 1 aliphatic heterocycles. The molecule has 7 nitrogen and oxygen atoms in total. The van der Waals surface area contributed by atoms with Crippen molar-refractivity contribution in [1.29, 1.82) is 0 Å². The molecule has 0 atom stereocenters. The number of nitrogens with one attached hydrogen (secondary N) is 1. The average molecular weight is 549 g/mol. The largest absolute Gasteiger partial charge is 0.416 e. The number of hydroxylamine groups is 1. The highest BCUT2D eigenvalue weighted by Crippen LogP contribution is 2.32. The first-order chi connectivity index (χ1) is 14.8. The number of hydrogen-bond acceptors (Lipinski definition) is 4. The van der Waals surface area contributed by atoms with Gasteiger partial charge in [0, 0.05) is 24.3 Å². The van der Waals surface area contributed by atoms with Crippen LogP contribution in [0.4, 0.5) is 23.7 Å². The summed E-state index contributed by atoms with van der Waals surface area (Å²) in [5.74, 6) is -0.444. The Balaban J connectivity index is 1.89. The summed E-state index contributed by atoms with van der Waals surface area (Å²) in [5.41, 5.74) is 2.46. The van der Waals surface area contributed by atoms with Crippen molar-refractivity contribution in [3.63, 3.8) is 0 Å². The first-order valence-electron chi connectivity index (χ1n) is 9.28. The number of halogens is 4. The number of morpholine rings is 1. The number of nitrogens with zero attached hydrogens (tertiary/aromatic N) is 2. The molecule has 1 N–H and O–H groups in total. The van der Waals surface area contributed by atoms with Gasteiger partial charge in [0.25, 0.3) is 5.91 Å². The van der Waals surface area contributed by atoms with E-state index >= 15 is 0 Å². The maximum absolute atomic E-state index is 13.2. The van der Waals surface area contributed by atoms with E-state index in [0.29, 0.717) is 37.4 Å². The zero-order chi connectivity index (χ0) is 22.4. The molecule has 1 fully saturated rings. The standard InChI is InChI=1S/C20H19F3IN3O4/c21-20(22,23)16-2-1-3-17(12-16)27(19(29)26-8-10-30-11-9-26)13-14-4-6-15(7-5-14)18(28)25-31-24/h1-7,12H,8-11,13H2,(H,25,28). The molecular weight excluding hydrogens is 530 g/mol. The number of alkyl halides is 3. The van der Waals surface area contributed by atoms with Gasteiger partial charge in [0.1, 0.15) is 23.0 Å². The van der Waals surface area contributed by atoms with E-state index in [-0.39, 0.29) is 12.2 Å². The third-order valence-electron chi connectivity index (χ3n) is 4.69. The van der Waals surface area contributed by atoms with Gasteiger partial charge >= 0.3 is 12.2 Å². The minimum atomic E-state index is -4.53. The van der Waals surface area contributed by atoms with Crippen molar-refractivity contribution in [3.8, 4) is 0 Å². The Labute approximate surface area is 190 Å². The van der Waals surface area contributed by atoms with E-state index < -0.39 is 23.7 Å². The van der Waals surface area contributed by atoms with Gasteiger partial charge in [0.2, 0.25) is 0 Å². The second-order valence-electron chi connectivity index (χ2n) is 6.72. The Hall–Kier alpha value is -2.38. The summed E-state index contributed by atoms with van der Waals surface area (Å²) in [6.45, 7) is 1.46. The molecule has 0 spiro atoms. The molecule has 0 aromatic heterocycles. The first-order valence-corrected chi connectivity index (χ1v) is 10.2. The lowest BCUT2D eigenvalue weighted by Gasteiger charge is -2.33. The summed E-state index contributed by atoms with van der Waals surface area (Å²) in [5, 5.41) is 0. The van der Waals surface area contributed by atoms with Crippen LogP contribution in [-0.2, 0) is 20.6 Å². The van der Waals surface area contributed by atoms with Crippen molar-refractivity contribution < 1.29 is 30.7 Å². The Morgan fingerprint density at radius 1 is 1.13 bits per heavy atom. The van der Waals surface area contributed by atoms with Crippen molar-refractivity contribution in [2.24, 2.45) is 0 Å². The van der Waals surface area contributed by atoms with Crippen LogP contribution in [0.5, 0.6) is 0 Å². The highest BCUT2D eigenvalue weighted by atomic mass is 127. The summed E-state index contributed by atoms with van der Waals surface area (Å²) in [6, 6.07) is 10.6. The van der Waals surface area contributed by atoms with Gasteiger partial charge in [-0.2, -0.15) is 13.2 Å². The molecule has 3 rings (SSSR count). The number of rotatable bonds is 5. The monoisotopic (exact) mass is 549 g/mol. The van der Waals surface area contributed by atoms with E-state index in [1.54, 1.807) is 29.2 Å². The molecule has 2 aromatic rings. The average Bonchev–Trinajstić information content (AvgIpc) is 2.77. The van der Waals surface area contributed by atoms with Crippen molar-refractivity contribution >= 4 is 40.6 Å². The highest BCUT2D eigenvalue weighted by Gasteiger charge is 2.32. The molecule has 31 heavy (non-hydrogen) atoms. The van der Waals surface area contributed by atoms with Crippen LogP contribution in [0, 0.1) is 0 Å². The Morgan fingerprint density at radius 2 is 1.81 bits per heavy atom. The van der Waals surface area contributed by atoms with Gasteiger partial charge in [0.05, 0.1) is 25.3 Å². The lowest BCUT2D eigenvalue weighted by molar-refractivity contribution is -0.137. The summed E-state index contributed by atoms with van der Waals surface area (Å²) < 4.78 is 49.5. The zero-order valence-corrected chi connectivity index (χ0v) is 18.4. The van der Waals surface area contributed by atoms with Crippen LogP contribution < -0.4 is 10.4 Å². The molecule has 1 aliphatic rings. The van der Waals surface area contributed by atoms with Crippen molar-refractivity contribution in [1.82, 2.24) is 10.4 Å². The lowest BCUT2D eigenvalue weighted by atomic mass is 10.1. The molecule has 0 radical (unpaired) electrons. The molecule has 0 bridgehead atoms. The number of amides is 3. The number of carbonyl (C=O) groups excluding carboxylic acids is 2. The van der Waals surface area contributed by atoms with Crippen LogP contribution in [-0.4, -0.2) is 43.1 Å². The molecule has 0 aliphatic carbocycles. The SMILES string of the molecule is O=C(NOI)c1ccc(CN(C(=O)N2CCOCC2)c2cccc(C(F)(F)F)c2)cc1. The quantitative estimate of drug-likeness (QED) is 0.449. The van der Waals surface area contributed by atoms with E-state index in [1.807, 2.05) is 0 Å². The fourth-order valence-corrected chi connectivity index (χ4v) is 3.28. The number of benzene rings is 2. The van der Waals surface area contributed by atoms with Gasteiger partial charge in [-0.05, 0) is 35.9 Å². The van der Waals surface area contributed by atoms with Crippen LogP contribution >= 0.6 is 23.0 Å². The second kappa shape index (κ2) is 10.3. The lowest BCUT2D eigenvalue weighted by Crippen LogP contribution is -2.48. The third kappa shape index (κ3) is 6.08. The highest BCUT2D eigenvalue weighted by molar-refractivity contribution is 14.1. The topological polar surface area (TPSA) is 71.1 Å². The van der Waals surface area contributed by atoms with E-state index in [9.17, 15) is 22.8 Å². The summed E-state index contributed by atoms with van der Waals surface area (Å²) in [6.07, 6.45) is -4.53. The number of ether oxygens (including phenoxy) is 1. The first kappa shape index (κ1) is 23.3. The number of hydrogen-bond donors (Lipinski definition) is 1. The van der Waals surface area contributed by atoms with Crippen LogP contribution in [0.1, 0.15) is 21.5 Å². The maximum atomic E-state index is 13.2. The van der Waals surface area contributed by atoms with Crippen LogP contribution in [0.3, 0.4) is 0 Å². The molecule has 1 heterocycles. The van der Waals surface area contributed by atoms with Gasteiger partial charge < -0.3 is 9.64 Å². The van der Waals surface area contributed by atoms with Crippen molar-refractivity contribution in [2.45, 2.75) is 12.7 Å². The van der Waals surface area contributed by atoms with E-state index in [2.05, 4.69) is 8.65 Å². The molecule has 0 saturated carbocycles. The predicted octanol–water partition coefficient (Wildman–Crippen LogP) is 4.18. The third-order valence-corrected chi connectivity index (χ3v) is 4.91. The molecule has 11 heteroatoms. The minimum Gasteiger partial charge on any atom is -0.378 e. The molecule has 3 amide bonds. The number of carbonyl (C=O) groups is 2. The Bertz CT molecular complexity index is 919. The zero-order valence-electron chi connectivity index (χ0n) is 16.2. The maximum Gasteiger partial charge on any atom is 0.416 e. The Kier molecular flexibility index (Phi) is 7.73. The smallest absolute Gasteiger partial charge is 0.378 e. The number of urea groups is 1. The van der Waals surface area contributed by atoms with Crippen LogP contribution in [0.15, 0.2) is 48.5 Å². The molecule has 0 unspecified atom stereocenters. The Morgan fingerprint density at radius 3 is 2.42 bits per heavy atom. The van der Waals surface area contributed by atoms with Gasteiger partial charge in [0.15, 0.2) is 0 Å². The molecular formula is C20H19F3IN3O4. The summed E-state index contributed by atoms with van der Waals surface area (Å²) in [4.78, 5) is 27.8. The minimum absolute atomic E-state index is 0.0299. The van der Waals surface area contributed by atoms with Crippen molar-refractivity contribution in [3.05, 3.63) is 65.2 Å². The van der Waals surface area contributed by atoms with Crippen LogP contribution in [0.2, 0.25) is 0 Å². The van der Waals surface area contributed by atoms with Crippen molar-refractivity contribution in [2.75, 3.05) is 31.2 Å². The molecule has 2 aromatic carbocycles. The predicted molar refractivity (Wildman–Crippen MR) is 114 cm³/mol. The number of anilines is 1. The van der Waals surface area contributed by atoms with Crippen LogP contribution in [0.25, 0.3) is 0 Å². The normalized spacial score (nSPS) is 14.3. The van der Waals surface area contributed by atoms with Gasteiger partial charge in [-0.15, -0.1) is 0 Å².